The van der Waals surface area contributed by atoms with E-state index in [0.717, 1.165) is 24.2 Å². The van der Waals surface area contributed by atoms with Gasteiger partial charge in [0.05, 0.1) is 25.2 Å². The highest BCUT2D eigenvalue weighted by atomic mass is 35.5. The number of nitrogens with two attached hydrogens (primary N) is 1. The molecule has 1 atom stereocenters. The molecule has 26 heavy (non-hydrogen) atoms. The van der Waals surface area contributed by atoms with Gasteiger partial charge >= 0.3 is 0 Å². The zero-order valence-corrected chi connectivity index (χ0v) is 17.7. The van der Waals surface area contributed by atoms with Gasteiger partial charge in [0.25, 0.3) is 0 Å². The molecule has 0 aliphatic heterocycles. The van der Waals surface area contributed by atoms with E-state index in [9.17, 15) is 4.79 Å². The first-order valence-electron chi connectivity index (χ1n) is 9.15. The van der Waals surface area contributed by atoms with Crippen LogP contribution in [-0.4, -0.2) is 26.2 Å². The molecule has 0 aromatic heterocycles. The predicted octanol–water partition coefficient (Wildman–Crippen LogP) is 4.09. The lowest BCUT2D eigenvalue weighted by Gasteiger charge is -2.30. The number of nitrogens with one attached hydrogen (secondary N) is 1. The summed E-state index contributed by atoms with van der Waals surface area (Å²) in [4.78, 5) is 12.7. The van der Waals surface area contributed by atoms with Crippen molar-refractivity contribution in [3.63, 3.8) is 0 Å². The molecule has 1 aromatic carbocycles. The summed E-state index contributed by atoms with van der Waals surface area (Å²) in [6.07, 6.45) is 1.45. The molecule has 1 unspecified atom stereocenters. The summed E-state index contributed by atoms with van der Waals surface area (Å²) in [5.41, 5.74) is 6.34. The summed E-state index contributed by atoms with van der Waals surface area (Å²) >= 11 is 0. The van der Waals surface area contributed by atoms with E-state index < -0.39 is 5.41 Å². The maximum Gasteiger partial charge on any atom is 0.227 e. The summed E-state index contributed by atoms with van der Waals surface area (Å²) in [5.74, 6) is 1.84. The third-order valence-corrected chi connectivity index (χ3v) is 4.83. The standard InChI is InChI=1S/C20H34N2O3.ClH/c1-7-20(8-2,13-21)19(23)22-15(5)16-9-10-17(18(11-16)24-6)25-12-14(3)4;/h9-11,14-15H,7-8,12-13,21H2,1-6H3,(H,22,23);1H. The number of carbonyl (C=O) groups excluding carboxylic acids is 1. The van der Waals surface area contributed by atoms with Crippen molar-refractivity contribution in [2.75, 3.05) is 20.3 Å². The normalized spacial score (nSPS) is 12.3. The summed E-state index contributed by atoms with van der Waals surface area (Å²) in [5, 5.41) is 3.10. The number of amides is 1. The van der Waals surface area contributed by atoms with Crippen LogP contribution in [0.3, 0.4) is 0 Å². The molecule has 3 N–H and O–H groups in total. The Bertz CT molecular complexity index is 552. The van der Waals surface area contributed by atoms with Crippen LogP contribution in [0.2, 0.25) is 0 Å². The average molecular weight is 387 g/mol. The maximum absolute atomic E-state index is 12.7. The van der Waals surface area contributed by atoms with Crippen LogP contribution in [0.25, 0.3) is 0 Å². The van der Waals surface area contributed by atoms with Gasteiger partial charge in [0.2, 0.25) is 5.91 Å². The van der Waals surface area contributed by atoms with Gasteiger partial charge in [-0.2, -0.15) is 0 Å². The highest BCUT2D eigenvalue weighted by Crippen LogP contribution is 2.32. The van der Waals surface area contributed by atoms with Crippen molar-refractivity contribution in [3.8, 4) is 11.5 Å². The summed E-state index contributed by atoms with van der Waals surface area (Å²) < 4.78 is 11.2. The Morgan fingerprint density at radius 1 is 1.19 bits per heavy atom. The third-order valence-electron chi connectivity index (χ3n) is 4.83. The van der Waals surface area contributed by atoms with Crippen LogP contribution < -0.4 is 20.5 Å². The molecule has 0 saturated carbocycles. The number of ether oxygens (including phenoxy) is 2. The fourth-order valence-corrected chi connectivity index (χ4v) is 2.71. The van der Waals surface area contributed by atoms with E-state index in [0.29, 0.717) is 24.8 Å². The van der Waals surface area contributed by atoms with E-state index in [1.165, 1.54) is 0 Å². The van der Waals surface area contributed by atoms with Crippen molar-refractivity contribution in [2.24, 2.45) is 17.1 Å². The molecule has 1 aromatic rings. The average Bonchev–Trinajstić information content (AvgIpc) is 2.61. The highest BCUT2D eigenvalue weighted by molar-refractivity contribution is 5.85. The van der Waals surface area contributed by atoms with E-state index >= 15 is 0 Å². The first-order valence-corrected chi connectivity index (χ1v) is 9.15. The topological polar surface area (TPSA) is 73.6 Å². The molecule has 0 bridgehead atoms. The zero-order valence-electron chi connectivity index (χ0n) is 16.9. The number of carbonyl (C=O) groups is 1. The summed E-state index contributed by atoms with van der Waals surface area (Å²) in [6.45, 7) is 11.2. The molecule has 5 nitrogen and oxygen atoms in total. The molecule has 1 rings (SSSR count). The van der Waals surface area contributed by atoms with Gasteiger partial charge in [-0.3, -0.25) is 4.79 Å². The Hall–Kier alpha value is -1.46. The van der Waals surface area contributed by atoms with Crippen LogP contribution in [0.5, 0.6) is 11.5 Å². The number of benzene rings is 1. The number of methoxy groups -OCH3 is 1. The molecule has 150 valence electrons. The Morgan fingerprint density at radius 2 is 1.81 bits per heavy atom. The Balaban J connectivity index is 0.00000625. The van der Waals surface area contributed by atoms with Crippen LogP contribution >= 0.6 is 12.4 Å². The van der Waals surface area contributed by atoms with Crippen molar-refractivity contribution in [2.45, 2.75) is 53.5 Å². The van der Waals surface area contributed by atoms with Crippen molar-refractivity contribution < 1.29 is 14.3 Å². The number of hydrogen-bond acceptors (Lipinski definition) is 4. The van der Waals surface area contributed by atoms with Gasteiger partial charge in [0.1, 0.15) is 0 Å². The monoisotopic (exact) mass is 386 g/mol. The minimum Gasteiger partial charge on any atom is -0.493 e. The van der Waals surface area contributed by atoms with Gasteiger partial charge in [-0.05, 0) is 43.4 Å². The molecule has 0 radical (unpaired) electrons. The van der Waals surface area contributed by atoms with Crippen LogP contribution in [0.15, 0.2) is 18.2 Å². The van der Waals surface area contributed by atoms with E-state index in [1.807, 2.05) is 39.0 Å². The van der Waals surface area contributed by atoms with E-state index in [1.54, 1.807) is 7.11 Å². The van der Waals surface area contributed by atoms with E-state index in [-0.39, 0.29) is 24.4 Å². The predicted molar refractivity (Wildman–Crippen MR) is 109 cm³/mol. The Labute approximate surface area is 164 Å². The number of halogens is 1. The van der Waals surface area contributed by atoms with Gasteiger partial charge in [-0.1, -0.05) is 33.8 Å². The number of rotatable bonds is 10. The highest BCUT2D eigenvalue weighted by Gasteiger charge is 2.34. The van der Waals surface area contributed by atoms with Crippen LogP contribution in [0, 0.1) is 11.3 Å². The summed E-state index contributed by atoms with van der Waals surface area (Å²) in [6, 6.07) is 5.65. The van der Waals surface area contributed by atoms with Crippen LogP contribution in [0.4, 0.5) is 0 Å². The summed E-state index contributed by atoms with van der Waals surface area (Å²) in [7, 11) is 1.62. The fraction of sp³-hybridized carbons (Fsp3) is 0.650. The smallest absolute Gasteiger partial charge is 0.227 e. The van der Waals surface area contributed by atoms with Crippen molar-refractivity contribution >= 4 is 18.3 Å². The molecule has 0 heterocycles. The molecule has 0 fully saturated rings. The zero-order chi connectivity index (χ0) is 19.0. The lowest BCUT2D eigenvalue weighted by atomic mass is 9.81. The minimum atomic E-state index is -0.501. The Morgan fingerprint density at radius 3 is 2.27 bits per heavy atom. The second kappa shape index (κ2) is 11.3. The first-order chi connectivity index (χ1) is 11.8. The van der Waals surface area contributed by atoms with Gasteiger partial charge in [0, 0.05) is 6.54 Å². The SMILES string of the molecule is CCC(CC)(CN)C(=O)NC(C)c1ccc(OCC(C)C)c(OC)c1.Cl. The van der Waals surface area contributed by atoms with Crippen molar-refractivity contribution in [1.82, 2.24) is 5.32 Å². The molecule has 0 saturated heterocycles. The number of hydrogen-bond donors (Lipinski definition) is 2. The van der Waals surface area contributed by atoms with Crippen LogP contribution in [0.1, 0.15) is 59.1 Å². The maximum atomic E-state index is 12.7. The minimum absolute atomic E-state index is 0. The molecule has 0 spiro atoms. The molecule has 0 aliphatic rings. The molecular weight excluding hydrogens is 352 g/mol. The fourth-order valence-electron chi connectivity index (χ4n) is 2.71. The van der Waals surface area contributed by atoms with E-state index in [2.05, 4.69) is 19.2 Å². The molecule has 1 amide bonds. The second-order valence-electron chi connectivity index (χ2n) is 7.00. The van der Waals surface area contributed by atoms with Gasteiger partial charge in [-0.25, -0.2) is 0 Å². The second-order valence-corrected chi connectivity index (χ2v) is 7.00. The molecule has 6 heteroatoms. The lowest BCUT2D eigenvalue weighted by Crippen LogP contribution is -2.46. The molecule has 0 aliphatic carbocycles. The van der Waals surface area contributed by atoms with Gasteiger partial charge < -0.3 is 20.5 Å². The van der Waals surface area contributed by atoms with E-state index in [4.69, 9.17) is 15.2 Å². The lowest BCUT2D eigenvalue weighted by molar-refractivity contribution is -0.131. The first kappa shape index (κ1) is 24.5. The van der Waals surface area contributed by atoms with Crippen LogP contribution in [-0.2, 0) is 4.79 Å². The Kier molecular flexibility index (Phi) is 10.7. The van der Waals surface area contributed by atoms with Crippen molar-refractivity contribution in [3.05, 3.63) is 23.8 Å². The molecular formula is C20H35ClN2O3. The van der Waals surface area contributed by atoms with Gasteiger partial charge in [0.15, 0.2) is 11.5 Å². The van der Waals surface area contributed by atoms with Gasteiger partial charge in [-0.15, -0.1) is 12.4 Å². The van der Waals surface area contributed by atoms with Crippen molar-refractivity contribution in [1.29, 1.82) is 0 Å². The third kappa shape index (κ3) is 6.06. The quantitative estimate of drug-likeness (QED) is 0.635. The largest absolute Gasteiger partial charge is 0.493 e.